The molecule has 0 aliphatic carbocycles. The largest absolute Gasteiger partial charge is 0.497 e. The highest BCUT2D eigenvalue weighted by Gasteiger charge is 2.33. The van der Waals surface area contributed by atoms with Gasteiger partial charge in [-0.1, -0.05) is 58.4 Å². The molecule has 0 spiro atoms. The molecule has 9 nitrogen and oxygen atoms in total. The van der Waals surface area contributed by atoms with E-state index < -0.39 is 28.5 Å². The summed E-state index contributed by atoms with van der Waals surface area (Å²) in [5.74, 6) is -0.285. The third kappa shape index (κ3) is 7.96. The molecule has 0 aliphatic heterocycles. The van der Waals surface area contributed by atoms with E-state index in [0.717, 1.165) is 26.2 Å². The summed E-state index contributed by atoms with van der Waals surface area (Å²) in [6.45, 7) is -0.477. The number of carbonyl (C=O) groups excluding carboxylic acids is 2. The van der Waals surface area contributed by atoms with Gasteiger partial charge in [-0.05, 0) is 35.4 Å². The summed E-state index contributed by atoms with van der Waals surface area (Å²) in [4.78, 5) is 28.6. The lowest BCUT2D eigenvalue weighted by Gasteiger charge is -2.33. The van der Waals surface area contributed by atoms with Crippen LogP contribution in [0.4, 0.5) is 5.69 Å². The first kappa shape index (κ1) is 30.0. The Balaban J connectivity index is 2.08. The molecule has 11 heteroatoms. The van der Waals surface area contributed by atoms with Gasteiger partial charge >= 0.3 is 0 Å². The Morgan fingerprint density at radius 1 is 0.949 bits per heavy atom. The summed E-state index contributed by atoms with van der Waals surface area (Å²) >= 11 is 3.45. The molecular weight excluding hydrogens is 586 g/mol. The number of anilines is 1. The Labute approximate surface area is 237 Å². The Bertz CT molecular complexity index is 1400. The van der Waals surface area contributed by atoms with Crippen LogP contribution in [0.15, 0.2) is 77.3 Å². The van der Waals surface area contributed by atoms with E-state index in [0.29, 0.717) is 5.75 Å². The van der Waals surface area contributed by atoms with Gasteiger partial charge in [-0.15, -0.1) is 0 Å². The summed E-state index contributed by atoms with van der Waals surface area (Å²) in [5, 5.41) is 2.66. The van der Waals surface area contributed by atoms with E-state index in [9.17, 15) is 18.0 Å². The average molecular weight is 619 g/mol. The topological polar surface area (TPSA) is 105 Å². The van der Waals surface area contributed by atoms with Crippen molar-refractivity contribution in [2.45, 2.75) is 19.0 Å². The minimum atomic E-state index is -3.95. The van der Waals surface area contributed by atoms with E-state index in [1.807, 2.05) is 54.6 Å². The third-order valence-electron chi connectivity index (χ3n) is 6.09. The summed E-state index contributed by atoms with van der Waals surface area (Å²) in [6, 6.07) is 20.5. The van der Waals surface area contributed by atoms with Crippen molar-refractivity contribution in [1.29, 1.82) is 0 Å². The van der Waals surface area contributed by atoms with E-state index in [4.69, 9.17) is 9.47 Å². The number of amides is 2. The van der Waals surface area contributed by atoms with Crippen molar-refractivity contribution >= 4 is 43.5 Å². The maximum Gasteiger partial charge on any atom is 0.244 e. The summed E-state index contributed by atoms with van der Waals surface area (Å²) in [7, 11) is 0.423. The average Bonchev–Trinajstić information content (AvgIpc) is 2.92. The summed E-state index contributed by atoms with van der Waals surface area (Å²) in [6.07, 6.45) is 1.25. The zero-order valence-electron chi connectivity index (χ0n) is 22.3. The molecule has 0 heterocycles. The summed E-state index contributed by atoms with van der Waals surface area (Å²) in [5.41, 5.74) is 1.77. The van der Waals surface area contributed by atoms with Crippen molar-refractivity contribution in [3.05, 3.63) is 88.4 Å². The Morgan fingerprint density at radius 2 is 1.64 bits per heavy atom. The van der Waals surface area contributed by atoms with E-state index in [1.165, 1.54) is 32.2 Å². The van der Waals surface area contributed by atoms with Crippen LogP contribution in [0.3, 0.4) is 0 Å². The van der Waals surface area contributed by atoms with Crippen LogP contribution >= 0.6 is 15.9 Å². The lowest BCUT2D eigenvalue weighted by molar-refractivity contribution is -0.139. The van der Waals surface area contributed by atoms with Gasteiger partial charge in [0.05, 0.1) is 26.2 Å². The molecule has 0 aromatic heterocycles. The van der Waals surface area contributed by atoms with Crippen molar-refractivity contribution in [1.82, 2.24) is 10.2 Å². The second-order valence-electron chi connectivity index (χ2n) is 8.78. The highest BCUT2D eigenvalue weighted by Crippen LogP contribution is 2.34. The number of hydrogen-bond donors (Lipinski definition) is 1. The van der Waals surface area contributed by atoms with Crippen LogP contribution in [0.5, 0.6) is 11.5 Å². The Hall–Kier alpha value is -3.57. The Morgan fingerprint density at radius 3 is 2.23 bits per heavy atom. The van der Waals surface area contributed by atoms with E-state index in [1.54, 1.807) is 12.1 Å². The van der Waals surface area contributed by atoms with Gasteiger partial charge in [0.2, 0.25) is 21.8 Å². The van der Waals surface area contributed by atoms with Crippen molar-refractivity contribution in [3.8, 4) is 11.5 Å². The second-order valence-corrected chi connectivity index (χ2v) is 11.6. The highest BCUT2D eigenvalue weighted by molar-refractivity contribution is 9.10. The SMILES string of the molecule is CNC(=O)[C@H](Cc1ccccc1)N(Cc1cccc(Br)c1)C(=O)CN(c1cc(OC)ccc1OC)S(C)(=O)=O. The van der Waals surface area contributed by atoms with Gasteiger partial charge in [-0.25, -0.2) is 8.42 Å². The van der Waals surface area contributed by atoms with E-state index >= 15 is 0 Å². The fraction of sp³-hybridized carbons (Fsp3) is 0.286. The van der Waals surface area contributed by atoms with Gasteiger partial charge in [-0.3, -0.25) is 13.9 Å². The molecule has 1 N–H and O–H groups in total. The molecule has 0 fully saturated rings. The quantitative estimate of drug-likeness (QED) is 0.333. The number of sulfonamides is 1. The molecule has 208 valence electrons. The molecule has 2 amide bonds. The summed E-state index contributed by atoms with van der Waals surface area (Å²) < 4.78 is 38.4. The maximum absolute atomic E-state index is 14.0. The predicted octanol–water partition coefficient (Wildman–Crippen LogP) is 3.62. The van der Waals surface area contributed by atoms with Crippen LogP contribution in [0.2, 0.25) is 0 Å². The number of ether oxygens (including phenoxy) is 2. The highest BCUT2D eigenvalue weighted by atomic mass is 79.9. The van der Waals surface area contributed by atoms with E-state index in [2.05, 4.69) is 21.2 Å². The van der Waals surface area contributed by atoms with Gasteiger partial charge < -0.3 is 19.7 Å². The molecule has 0 aliphatic rings. The maximum atomic E-state index is 14.0. The zero-order valence-corrected chi connectivity index (χ0v) is 24.7. The van der Waals surface area contributed by atoms with Gasteiger partial charge in [0.15, 0.2) is 0 Å². The standard InChI is InChI=1S/C28H32BrN3O6S/c1-30-28(34)25(16-20-9-6-5-7-10-20)31(18-21-11-8-12-22(29)15-21)27(33)19-32(39(4,35)36)24-17-23(37-2)13-14-26(24)38-3/h5-15,17,25H,16,18-19H2,1-4H3,(H,30,34)/t25-/m0/s1. The molecule has 0 radical (unpaired) electrons. The first-order valence-corrected chi connectivity index (χ1v) is 14.7. The number of methoxy groups -OCH3 is 2. The number of halogens is 1. The van der Waals surface area contributed by atoms with Crippen molar-refractivity contribution in [2.75, 3.05) is 38.4 Å². The number of benzene rings is 3. The molecule has 0 unspecified atom stereocenters. The van der Waals surface area contributed by atoms with Crippen LogP contribution in [-0.2, 0) is 32.6 Å². The van der Waals surface area contributed by atoms with Gasteiger partial charge in [-0.2, -0.15) is 0 Å². The molecular formula is C28H32BrN3O6S. The normalized spacial score (nSPS) is 11.8. The van der Waals surface area contributed by atoms with Crippen molar-refractivity contribution in [3.63, 3.8) is 0 Å². The minimum absolute atomic E-state index is 0.0794. The van der Waals surface area contributed by atoms with Gasteiger partial charge in [0.25, 0.3) is 0 Å². The third-order valence-corrected chi connectivity index (χ3v) is 7.71. The monoisotopic (exact) mass is 617 g/mol. The predicted molar refractivity (Wildman–Crippen MR) is 154 cm³/mol. The number of nitrogens with one attached hydrogen (secondary N) is 1. The van der Waals surface area contributed by atoms with Crippen LogP contribution in [-0.4, -0.2) is 65.2 Å². The smallest absolute Gasteiger partial charge is 0.244 e. The zero-order chi connectivity index (χ0) is 28.6. The number of likely N-dealkylation sites (N-methyl/N-ethyl adjacent to an activating group) is 1. The molecule has 39 heavy (non-hydrogen) atoms. The second kappa shape index (κ2) is 13.5. The Kier molecular flexibility index (Phi) is 10.4. The van der Waals surface area contributed by atoms with E-state index in [-0.39, 0.29) is 30.3 Å². The molecule has 0 saturated carbocycles. The molecule has 3 rings (SSSR count). The number of carbonyl (C=O) groups is 2. The van der Waals surface area contributed by atoms with Crippen LogP contribution in [0.1, 0.15) is 11.1 Å². The van der Waals surface area contributed by atoms with Crippen LogP contribution in [0.25, 0.3) is 0 Å². The van der Waals surface area contributed by atoms with Crippen molar-refractivity contribution in [2.24, 2.45) is 0 Å². The fourth-order valence-electron chi connectivity index (χ4n) is 4.14. The first-order chi connectivity index (χ1) is 18.6. The fourth-order valence-corrected chi connectivity index (χ4v) is 5.43. The van der Waals surface area contributed by atoms with Crippen LogP contribution in [0, 0.1) is 0 Å². The van der Waals surface area contributed by atoms with Crippen LogP contribution < -0.4 is 19.1 Å². The molecule has 3 aromatic rings. The lowest BCUT2D eigenvalue weighted by Crippen LogP contribution is -2.52. The molecule has 0 saturated heterocycles. The number of nitrogens with zero attached hydrogens (tertiary/aromatic N) is 2. The lowest BCUT2D eigenvalue weighted by atomic mass is 10.0. The molecule has 1 atom stereocenters. The molecule has 3 aromatic carbocycles. The number of hydrogen-bond acceptors (Lipinski definition) is 6. The first-order valence-electron chi connectivity index (χ1n) is 12.1. The molecule has 0 bridgehead atoms. The van der Waals surface area contributed by atoms with Gasteiger partial charge in [0, 0.05) is 30.6 Å². The number of rotatable bonds is 12. The van der Waals surface area contributed by atoms with Crippen molar-refractivity contribution < 1.29 is 27.5 Å². The minimum Gasteiger partial charge on any atom is -0.497 e. The van der Waals surface area contributed by atoms with Gasteiger partial charge in [0.1, 0.15) is 24.1 Å².